The van der Waals surface area contributed by atoms with E-state index in [9.17, 15) is 9.00 Å². The number of carbonyl (C=O) groups is 1. The van der Waals surface area contributed by atoms with Crippen molar-refractivity contribution in [3.8, 4) is 0 Å². The molecule has 9 aliphatic rings. The predicted octanol–water partition coefficient (Wildman–Crippen LogP) is 5.41. The minimum Gasteiger partial charge on any atom is -0.459 e. The van der Waals surface area contributed by atoms with Gasteiger partial charge in [0.15, 0.2) is 0 Å². The Hall–Kier alpha value is -0.630. The maximum absolute atomic E-state index is 11.7. The fourth-order valence-electron chi connectivity index (χ4n) is 8.35. The molecule has 7 heteroatoms. The molecule has 0 amide bonds. The lowest BCUT2D eigenvalue weighted by molar-refractivity contribution is -0.143. The SMILES string of the molecule is C1OC2CC3CC1C2C3.C=S1(=O)OC2CC3CC2C1C3.CC.CC.CC.O=C1OC2CC3CC1C2O3. The third-order valence-electron chi connectivity index (χ3n) is 9.55. The number of hydrogen-bond acceptors (Lipinski definition) is 6. The van der Waals surface area contributed by atoms with Gasteiger partial charge in [-0.25, -0.2) is 4.21 Å². The van der Waals surface area contributed by atoms with Crippen LogP contribution in [0.1, 0.15) is 92.9 Å². The number of hydrogen-bond donors (Lipinski definition) is 0. The lowest BCUT2D eigenvalue weighted by Crippen LogP contribution is -2.22. The summed E-state index contributed by atoms with van der Waals surface area (Å²) in [6, 6.07) is 0. The molecule has 208 valence electrons. The van der Waals surface area contributed by atoms with Crippen LogP contribution in [0.2, 0.25) is 0 Å². The van der Waals surface area contributed by atoms with Crippen LogP contribution in [0.25, 0.3) is 0 Å². The fraction of sp³-hybridized carbons (Fsp3) is 0.931. The molecule has 36 heavy (non-hydrogen) atoms. The number of fused-ring (bicyclic) bond motifs is 3. The zero-order valence-corrected chi connectivity index (χ0v) is 24.2. The van der Waals surface area contributed by atoms with Crippen molar-refractivity contribution in [2.24, 2.45) is 35.5 Å². The van der Waals surface area contributed by atoms with Crippen LogP contribution in [0.5, 0.6) is 0 Å². The van der Waals surface area contributed by atoms with Crippen LogP contribution in [0.3, 0.4) is 0 Å². The monoisotopic (exact) mass is 526 g/mol. The Balaban J connectivity index is 0.000000115. The molecular formula is C29H50O6S. The molecule has 5 aliphatic heterocycles. The highest BCUT2D eigenvalue weighted by Gasteiger charge is 2.58. The topological polar surface area (TPSA) is 71.1 Å². The molecule has 0 radical (unpaired) electrons. The molecule has 6 bridgehead atoms. The number of carbonyl (C=O) groups excluding carboxylic acids is 1. The molecule has 13 unspecified atom stereocenters. The first-order valence-electron chi connectivity index (χ1n) is 15.0. The van der Waals surface area contributed by atoms with Crippen molar-refractivity contribution in [2.75, 3.05) is 6.61 Å². The Kier molecular flexibility index (Phi) is 9.17. The Labute approximate surface area is 219 Å². The molecule has 0 aromatic rings. The van der Waals surface area contributed by atoms with E-state index in [-0.39, 0.29) is 24.1 Å². The molecule has 6 nitrogen and oxygen atoms in total. The van der Waals surface area contributed by atoms with Gasteiger partial charge in [0.2, 0.25) is 0 Å². The zero-order chi connectivity index (χ0) is 26.2. The van der Waals surface area contributed by atoms with Crippen molar-refractivity contribution in [1.29, 1.82) is 0 Å². The Bertz CT molecular complexity index is 837. The van der Waals surface area contributed by atoms with Gasteiger partial charge in [-0.05, 0) is 74.5 Å². The first kappa shape index (κ1) is 28.4. The Morgan fingerprint density at radius 2 is 1.44 bits per heavy atom. The summed E-state index contributed by atoms with van der Waals surface area (Å²) in [7, 11) is -2.13. The zero-order valence-electron chi connectivity index (χ0n) is 23.4. The van der Waals surface area contributed by atoms with Crippen LogP contribution >= 0.6 is 0 Å². The van der Waals surface area contributed by atoms with E-state index in [1.54, 1.807) is 0 Å². The third kappa shape index (κ3) is 5.03. The van der Waals surface area contributed by atoms with E-state index in [1.807, 2.05) is 41.5 Å². The molecule has 13 atom stereocenters. The van der Waals surface area contributed by atoms with Gasteiger partial charge in [0.1, 0.15) is 12.2 Å². The molecule has 9 fully saturated rings. The average Bonchev–Trinajstić information content (AvgIpc) is 3.72. The largest absolute Gasteiger partial charge is 0.459 e. The van der Waals surface area contributed by atoms with Crippen molar-refractivity contribution in [2.45, 2.75) is 129 Å². The maximum Gasteiger partial charge on any atom is 0.312 e. The summed E-state index contributed by atoms with van der Waals surface area (Å²) in [6.45, 7) is 13.1. The molecule has 4 saturated carbocycles. The van der Waals surface area contributed by atoms with Crippen LogP contribution < -0.4 is 0 Å². The molecule has 0 N–H and O–H groups in total. The first-order valence-corrected chi connectivity index (χ1v) is 16.7. The minimum absolute atomic E-state index is 0.0324. The lowest BCUT2D eigenvalue weighted by Gasteiger charge is -2.14. The normalized spacial score (nSPS) is 51.4. The van der Waals surface area contributed by atoms with Crippen LogP contribution in [-0.2, 0) is 33.0 Å². The minimum atomic E-state index is -2.13. The molecule has 0 aromatic heterocycles. The molecule has 4 aliphatic carbocycles. The van der Waals surface area contributed by atoms with Crippen LogP contribution in [0, 0.1) is 35.5 Å². The van der Waals surface area contributed by atoms with Crippen molar-refractivity contribution in [1.82, 2.24) is 0 Å². The smallest absolute Gasteiger partial charge is 0.312 e. The van der Waals surface area contributed by atoms with Crippen molar-refractivity contribution >= 4 is 21.6 Å². The summed E-state index contributed by atoms with van der Waals surface area (Å²) in [5.41, 5.74) is 0. The van der Waals surface area contributed by atoms with E-state index in [0.717, 1.165) is 56.0 Å². The molecular weight excluding hydrogens is 476 g/mol. The van der Waals surface area contributed by atoms with Gasteiger partial charge in [0.05, 0.1) is 45.9 Å². The maximum atomic E-state index is 11.7. The standard InChI is InChI=1S/C8H12O2S.C8H12O.C7H8O3.3C2H6/c1-11(9)8-4-5-2-6(8)7(3-5)10-11;1-5-2-7-6(1)4-9-8(7)3-5;8-7-4-1-3-2-5(10-7)6(4)9-3;3*1-2/h5-8H,1-4H2;5-8H,1-4H2;3-6H,1-2H2;3*1-2H3. The summed E-state index contributed by atoms with van der Waals surface area (Å²) >= 11 is 0. The fourth-order valence-corrected chi connectivity index (χ4v) is 10.5. The molecule has 5 saturated heterocycles. The van der Waals surface area contributed by atoms with E-state index in [4.69, 9.17) is 18.4 Å². The van der Waals surface area contributed by atoms with Crippen molar-refractivity contribution < 1.29 is 27.4 Å². The highest BCUT2D eigenvalue weighted by Crippen LogP contribution is 2.54. The Morgan fingerprint density at radius 1 is 0.778 bits per heavy atom. The van der Waals surface area contributed by atoms with Gasteiger partial charge in [-0.2, -0.15) is 0 Å². The van der Waals surface area contributed by atoms with Gasteiger partial charge in [0.25, 0.3) is 0 Å². The summed E-state index contributed by atoms with van der Waals surface area (Å²) in [4.78, 5) is 11.0. The van der Waals surface area contributed by atoms with Gasteiger partial charge in [-0.1, -0.05) is 41.5 Å². The average molecular weight is 527 g/mol. The summed E-state index contributed by atoms with van der Waals surface area (Å²) < 4.78 is 33.3. The van der Waals surface area contributed by atoms with Gasteiger partial charge in [-0.3, -0.25) is 8.98 Å². The Morgan fingerprint density at radius 3 is 1.94 bits per heavy atom. The van der Waals surface area contributed by atoms with Gasteiger partial charge < -0.3 is 14.2 Å². The molecule has 5 heterocycles. The summed E-state index contributed by atoms with van der Waals surface area (Å²) in [6.07, 6.45) is 11.3. The second-order valence-corrected chi connectivity index (χ2v) is 13.3. The second-order valence-electron chi connectivity index (χ2n) is 11.2. The van der Waals surface area contributed by atoms with E-state index in [1.165, 1.54) is 25.7 Å². The van der Waals surface area contributed by atoms with Crippen LogP contribution in [0.4, 0.5) is 0 Å². The quantitative estimate of drug-likeness (QED) is 0.310. The second kappa shape index (κ2) is 11.6. The van der Waals surface area contributed by atoms with Gasteiger partial charge in [-0.15, -0.1) is 0 Å². The first-order chi connectivity index (χ1) is 17.4. The van der Waals surface area contributed by atoms with Crippen molar-refractivity contribution in [3.05, 3.63) is 0 Å². The van der Waals surface area contributed by atoms with E-state index < -0.39 is 9.80 Å². The lowest BCUT2D eigenvalue weighted by atomic mass is 9.90. The van der Waals surface area contributed by atoms with Gasteiger partial charge >= 0.3 is 5.97 Å². The molecule has 9 rings (SSSR count). The number of ether oxygens (including phenoxy) is 3. The number of esters is 1. The van der Waals surface area contributed by atoms with E-state index >= 15 is 0 Å². The van der Waals surface area contributed by atoms with Gasteiger partial charge in [0, 0.05) is 12.3 Å². The highest BCUT2D eigenvalue weighted by molar-refractivity contribution is 7.96. The third-order valence-corrected chi connectivity index (χ3v) is 11.6. The summed E-state index contributed by atoms with van der Waals surface area (Å²) in [5, 5.41) is 0.311. The number of rotatable bonds is 0. The van der Waals surface area contributed by atoms with Crippen LogP contribution in [0.15, 0.2) is 0 Å². The predicted molar refractivity (Wildman–Crippen MR) is 144 cm³/mol. The van der Waals surface area contributed by atoms with E-state index in [0.29, 0.717) is 29.5 Å². The van der Waals surface area contributed by atoms with E-state index in [2.05, 4.69) is 5.87 Å². The highest BCUT2D eigenvalue weighted by atomic mass is 32.2. The molecule has 0 spiro atoms. The van der Waals surface area contributed by atoms with Crippen molar-refractivity contribution in [3.63, 3.8) is 0 Å². The summed E-state index contributed by atoms with van der Waals surface area (Å²) in [5.74, 6) is 8.19. The van der Waals surface area contributed by atoms with Crippen LogP contribution in [-0.4, -0.2) is 58.4 Å². The molecule has 0 aromatic carbocycles.